The van der Waals surface area contributed by atoms with Gasteiger partial charge in [0.2, 0.25) is 0 Å². The summed E-state index contributed by atoms with van der Waals surface area (Å²) in [5.41, 5.74) is -1.36. The Balaban J connectivity index is 1.30. The lowest BCUT2D eigenvalue weighted by atomic mass is 10.0. The molecule has 0 aliphatic carbocycles. The molecular formula is C25H32F4N2O5. The highest BCUT2D eigenvalue weighted by atomic mass is 19.4. The second kappa shape index (κ2) is 13.1. The smallest absolute Gasteiger partial charge is 0.419 e. The molecule has 0 amide bonds. The fourth-order valence-corrected chi connectivity index (χ4v) is 3.90. The van der Waals surface area contributed by atoms with Gasteiger partial charge in [-0.05, 0) is 62.3 Å². The molecule has 2 atom stereocenters. The van der Waals surface area contributed by atoms with Crippen molar-refractivity contribution < 1.29 is 42.0 Å². The van der Waals surface area contributed by atoms with Crippen molar-refractivity contribution in [2.75, 3.05) is 46.5 Å². The van der Waals surface area contributed by atoms with Gasteiger partial charge in [-0.25, -0.2) is 4.39 Å². The number of nitrogens with one attached hydrogen (secondary N) is 1. The maximum atomic E-state index is 13.6. The number of aliphatic hydroxyl groups is 2. The van der Waals surface area contributed by atoms with E-state index in [4.69, 9.17) is 14.2 Å². The highest BCUT2D eigenvalue weighted by Gasteiger charge is 2.34. The summed E-state index contributed by atoms with van der Waals surface area (Å²) >= 11 is 0. The van der Waals surface area contributed by atoms with E-state index in [9.17, 15) is 27.8 Å². The van der Waals surface area contributed by atoms with Crippen molar-refractivity contribution in [1.82, 2.24) is 10.2 Å². The summed E-state index contributed by atoms with van der Waals surface area (Å²) < 4.78 is 67.5. The number of benzene rings is 2. The van der Waals surface area contributed by atoms with E-state index in [2.05, 4.69) is 10.2 Å². The summed E-state index contributed by atoms with van der Waals surface area (Å²) in [6.45, 7) is 2.16. The second-order valence-electron chi connectivity index (χ2n) is 8.73. The molecule has 1 saturated heterocycles. The number of rotatable bonds is 12. The van der Waals surface area contributed by atoms with Crippen LogP contribution in [0.5, 0.6) is 17.2 Å². The third-order valence-corrected chi connectivity index (χ3v) is 5.89. The number of nitrogens with zero attached hydrogens (tertiary/aromatic N) is 1. The van der Waals surface area contributed by atoms with Crippen LogP contribution in [-0.2, 0) is 6.18 Å². The number of methoxy groups -OCH3 is 1. The van der Waals surface area contributed by atoms with Crippen LogP contribution in [0.3, 0.4) is 0 Å². The lowest BCUT2D eigenvalue weighted by molar-refractivity contribution is -0.140. The molecule has 1 aliphatic heterocycles. The van der Waals surface area contributed by atoms with Gasteiger partial charge in [-0.3, -0.25) is 0 Å². The average Bonchev–Trinajstić information content (AvgIpc) is 2.85. The molecular weight excluding hydrogens is 484 g/mol. The Morgan fingerprint density at radius 2 is 1.53 bits per heavy atom. The Bertz CT molecular complexity index is 937. The molecule has 7 nitrogen and oxygen atoms in total. The molecule has 0 unspecified atom stereocenters. The standard InChI is InChI=1S/C25H32F4N2O5/c1-34-20-2-4-21(5-3-20)35-15-18(32)13-30-17-8-10-31(11-9-17)14-19(33)16-36-22-6-7-23(24(26)12-22)25(27,28)29/h2-7,12,17-19,30,32-33H,8-11,13-16H2,1H3/t18-,19+/m0/s1. The quantitative estimate of drug-likeness (QED) is 0.374. The summed E-state index contributed by atoms with van der Waals surface area (Å²) in [5, 5.41) is 23.8. The van der Waals surface area contributed by atoms with Gasteiger partial charge in [-0.2, -0.15) is 13.2 Å². The van der Waals surface area contributed by atoms with Crippen molar-refractivity contribution in [2.45, 2.75) is 37.3 Å². The van der Waals surface area contributed by atoms with E-state index in [1.807, 2.05) is 0 Å². The van der Waals surface area contributed by atoms with Crippen LogP contribution in [0.15, 0.2) is 42.5 Å². The van der Waals surface area contributed by atoms with Crippen molar-refractivity contribution >= 4 is 0 Å². The van der Waals surface area contributed by atoms with Gasteiger partial charge in [0.25, 0.3) is 0 Å². The molecule has 200 valence electrons. The fourth-order valence-electron chi connectivity index (χ4n) is 3.90. The molecule has 36 heavy (non-hydrogen) atoms. The van der Waals surface area contributed by atoms with Gasteiger partial charge in [0, 0.05) is 25.2 Å². The van der Waals surface area contributed by atoms with Gasteiger partial charge in [0.15, 0.2) is 0 Å². The molecule has 0 spiro atoms. The highest BCUT2D eigenvalue weighted by Crippen LogP contribution is 2.32. The van der Waals surface area contributed by atoms with E-state index in [1.165, 1.54) is 0 Å². The minimum absolute atomic E-state index is 0.0722. The topological polar surface area (TPSA) is 83.4 Å². The van der Waals surface area contributed by atoms with Crippen LogP contribution < -0.4 is 19.5 Å². The van der Waals surface area contributed by atoms with E-state index < -0.39 is 29.8 Å². The number of hydrogen-bond donors (Lipinski definition) is 3. The molecule has 3 rings (SSSR count). The minimum Gasteiger partial charge on any atom is -0.497 e. The molecule has 2 aromatic carbocycles. The van der Waals surface area contributed by atoms with Crippen LogP contribution in [0, 0.1) is 5.82 Å². The third kappa shape index (κ3) is 8.81. The lowest BCUT2D eigenvalue weighted by Gasteiger charge is -2.33. The predicted molar refractivity (Wildman–Crippen MR) is 125 cm³/mol. The number of likely N-dealkylation sites (tertiary alicyclic amines) is 1. The Hall–Kier alpha value is -2.60. The zero-order valence-electron chi connectivity index (χ0n) is 20.0. The van der Waals surface area contributed by atoms with Crippen molar-refractivity contribution in [3.63, 3.8) is 0 Å². The molecule has 11 heteroatoms. The summed E-state index contributed by atoms with van der Waals surface area (Å²) in [5.74, 6) is -0.113. The zero-order chi connectivity index (χ0) is 26.1. The first-order chi connectivity index (χ1) is 17.1. The number of piperidine rings is 1. The van der Waals surface area contributed by atoms with Crippen LogP contribution in [0.4, 0.5) is 17.6 Å². The van der Waals surface area contributed by atoms with Gasteiger partial charge in [0.1, 0.15) is 48.5 Å². The summed E-state index contributed by atoms with van der Waals surface area (Å²) in [7, 11) is 1.59. The van der Waals surface area contributed by atoms with Crippen LogP contribution in [0.25, 0.3) is 0 Å². The average molecular weight is 517 g/mol. The molecule has 0 saturated carbocycles. The van der Waals surface area contributed by atoms with Gasteiger partial charge in [0.05, 0.1) is 12.7 Å². The van der Waals surface area contributed by atoms with E-state index >= 15 is 0 Å². The Morgan fingerprint density at radius 1 is 0.944 bits per heavy atom. The van der Waals surface area contributed by atoms with E-state index in [-0.39, 0.29) is 25.0 Å². The molecule has 1 aliphatic rings. The largest absolute Gasteiger partial charge is 0.497 e. The second-order valence-corrected chi connectivity index (χ2v) is 8.73. The molecule has 0 radical (unpaired) electrons. The van der Waals surface area contributed by atoms with Gasteiger partial charge in [-0.15, -0.1) is 0 Å². The van der Waals surface area contributed by atoms with Crippen molar-refractivity contribution in [3.05, 3.63) is 53.8 Å². The maximum Gasteiger partial charge on any atom is 0.419 e. The number of hydrogen-bond acceptors (Lipinski definition) is 7. The van der Waals surface area contributed by atoms with Gasteiger partial charge < -0.3 is 34.6 Å². The molecule has 1 fully saturated rings. The SMILES string of the molecule is COc1ccc(OC[C@@H](O)CNC2CCN(C[C@@H](O)COc3ccc(C(F)(F)F)c(F)c3)CC2)cc1. The number of ether oxygens (including phenoxy) is 3. The monoisotopic (exact) mass is 516 g/mol. The van der Waals surface area contributed by atoms with Crippen molar-refractivity contribution in [3.8, 4) is 17.2 Å². The number of aliphatic hydroxyl groups excluding tert-OH is 2. The molecule has 0 aromatic heterocycles. The molecule has 2 aromatic rings. The van der Waals surface area contributed by atoms with Crippen LogP contribution in [0.2, 0.25) is 0 Å². The highest BCUT2D eigenvalue weighted by molar-refractivity contribution is 5.31. The summed E-state index contributed by atoms with van der Waals surface area (Å²) in [6, 6.07) is 9.66. The van der Waals surface area contributed by atoms with E-state index in [1.54, 1.807) is 31.4 Å². The zero-order valence-corrected chi connectivity index (χ0v) is 20.0. The Labute approximate surface area is 207 Å². The minimum atomic E-state index is -4.77. The summed E-state index contributed by atoms with van der Waals surface area (Å²) in [6.07, 6.45) is -4.67. The van der Waals surface area contributed by atoms with Gasteiger partial charge >= 0.3 is 6.18 Å². The lowest BCUT2D eigenvalue weighted by Crippen LogP contribution is -2.47. The number of halogens is 4. The number of alkyl halides is 3. The number of β-amino-alcohol motifs (C(OH)–C–C–N with tert-alkyl or cyclic N) is 1. The third-order valence-electron chi connectivity index (χ3n) is 5.89. The fraction of sp³-hybridized carbons (Fsp3) is 0.520. The van der Waals surface area contributed by atoms with Crippen molar-refractivity contribution in [1.29, 1.82) is 0 Å². The Kier molecular flexibility index (Phi) is 10.2. The van der Waals surface area contributed by atoms with Crippen LogP contribution in [-0.4, -0.2) is 79.9 Å². The summed E-state index contributed by atoms with van der Waals surface area (Å²) in [4.78, 5) is 2.06. The van der Waals surface area contributed by atoms with Crippen molar-refractivity contribution in [2.24, 2.45) is 0 Å². The van der Waals surface area contributed by atoms with E-state index in [0.717, 1.165) is 37.7 Å². The van der Waals surface area contributed by atoms with E-state index in [0.29, 0.717) is 31.0 Å². The Morgan fingerprint density at radius 3 is 2.14 bits per heavy atom. The van der Waals surface area contributed by atoms with Crippen LogP contribution >= 0.6 is 0 Å². The maximum absolute atomic E-state index is 13.6. The first kappa shape index (κ1) is 28.0. The van der Waals surface area contributed by atoms with Crippen LogP contribution in [0.1, 0.15) is 18.4 Å². The molecule has 1 heterocycles. The normalized spacial score (nSPS) is 17.0. The predicted octanol–water partition coefficient (Wildman–Crippen LogP) is 3.09. The van der Waals surface area contributed by atoms with Gasteiger partial charge in [-0.1, -0.05) is 0 Å². The first-order valence-corrected chi connectivity index (χ1v) is 11.7. The molecule has 0 bridgehead atoms. The first-order valence-electron chi connectivity index (χ1n) is 11.7. The molecule has 3 N–H and O–H groups in total.